The van der Waals surface area contributed by atoms with Crippen LogP contribution in [0.2, 0.25) is 15.6 Å². The lowest BCUT2D eigenvalue weighted by atomic mass is 10.1. The normalized spacial score (nSPS) is 10.4. The molecule has 0 fully saturated rings. The minimum absolute atomic E-state index is 0.0227. The van der Waals surface area contributed by atoms with Crippen molar-refractivity contribution in [3.05, 3.63) is 112 Å². The third kappa shape index (κ3) is 7.16. The zero-order valence-corrected chi connectivity index (χ0v) is 18.0. The average Bonchev–Trinajstić information content (AvgIpc) is 2.75. The number of aromatic nitrogens is 3. The van der Waals surface area contributed by atoms with Crippen LogP contribution in [0.4, 0.5) is 11.6 Å². The molecule has 0 saturated carbocycles. The fourth-order valence-electron chi connectivity index (χ4n) is 2.39. The van der Waals surface area contributed by atoms with Gasteiger partial charge in [-0.3, -0.25) is 0 Å². The first-order chi connectivity index (χ1) is 14.6. The van der Waals surface area contributed by atoms with Gasteiger partial charge in [-0.15, -0.1) is 0 Å². The molecule has 0 aliphatic carbocycles. The third-order valence-corrected chi connectivity index (χ3v) is 4.44. The Bertz CT molecular complexity index is 1040. The molecule has 30 heavy (non-hydrogen) atoms. The van der Waals surface area contributed by atoms with Crippen molar-refractivity contribution in [2.45, 2.75) is 0 Å². The van der Waals surface area contributed by atoms with Crippen LogP contribution < -0.4 is 5.32 Å². The molecule has 1 aromatic heterocycles. The van der Waals surface area contributed by atoms with Crippen molar-refractivity contribution in [1.29, 1.82) is 0 Å². The Hall–Kier alpha value is -2.92. The molecule has 0 saturated heterocycles. The largest absolute Gasteiger partial charge is 0.323 e. The summed E-state index contributed by atoms with van der Waals surface area (Å²) in [5.41, 5.74) is 3.13. The highest BCUT2D eigenvalue weighted by molar-refractivity contribution is 6.33. The highest BCUT2D eigenvalue weighted by Crippen LogP contribution is 2.23. The van der Waals surface area contributed by atoms with Crippen LogP contribution >= 0.6 is 34.8 Å². The molecule has 4 rings (SSSR count). The van der Waals surface area contributed by atoms with E-state index in [9.17, 15) is 0 Å². The molecule has 0 aliphatic rings. The van der Waals surface area contributed by atoms with E-state index in [1.807, 2.05) is 48.5 Å². The molecular formula is C23H17Cl3N4. The van der Waals surface area contributed by atoms with Crippen molar-refractivity contribution >= 4 is 58.6 Å². The minimum atomic E-state index is 0.0227. The quantitative estimate of drug-likeness (QED) is 0.325. The van der Waals surface area contributed by atoms with Gasteiger partial charge in [0.2, 0.25) is 16.5 Å². The first-order valence-corrected chi connectivity index (χ1v) is 10.1. The standard InChI is InChI=1S/C14H12.C9H5Cl3N4/c1-3-7-13(8-4-1)11-12-14-9-5-2-6-10-14;10-5-3-1-2-4-6(5)13-9-15-7(11)14-8(12)16-9/h1-12H;1-4H,(H,13,14,15,16). The summed E-state index contributed by atoms with van der Waals surface area (Å²) in [6.45, 7) is 0. The predicted molar refractivity (Wildman–Crippen MR) is 126 cm³/mol. The minimum Gasteiger partial charge on any atom is -0.323 e. The van der Waals surface area contributed by atoms with E-state index in [2.05, 4.69) is 56.7 Å². The third-order valence-electron chi connectivity index (χ3n) is 3.77. The summed E-state index contributed by atoms with van der Waals surface area (Å²) in [5, 5.41) is 3.49. The fraction of sp³-hybridized carbons (Fsp3) is 0. The van der Waals surface area contributed by atoms with Crippen molar-refractivity contribution in [2.24, 2.45) is 0 Å². The van der Waals surface area contributed by atoms with Crippen molar-refractivity contribution in [3.8, 4) is 0 Å². The summed E-state index contributed by atoms with van der Waals surface area (Å²) in [6, 6.07) is 27.8. The summed E-state index contributed by atoms with van der Waals surface area (Å²) in [5.74, 6) is 0.248. The van der Waals surface area contributed by atoms with Crippen LogP contribution in [0, 0.1) is 0 Å². The van der Waals surface area contributed by atoms with E-state index < -0.39 is 0 Å². The topological polar surface area (TPSA) is 50.7 Å². The molecule has 1 heterocycles. The van der Waals surface area contributed by atoms with Crippen molar-refractivity contribution in [1.82, 2.24) is 15.0 Å². The fourth-order valence-corrected chi connectivity index (χ4v) is 2.93. The second kappa shape index (κ2) is 11.3. The predicted octanol–water partition coefficient (Wildman–Crippen LogP) is 7.43. The van der Waals surface area contributed by atoms with Crippen molar-refractivity contribution in [2.75, 3.05) is 5.32 Å². The molecule has 1 N–H and O–H groups in total. The number of benzene rings is 3. The Kier molecular flexibility index (Phi) is 8.21. The summed E-state index contributed by atoms with van der Waals surface area (Å²) < 4.78 is 0. The maximum atomic E-state index is 5.95. The summed E-state index contributed by atoms with van der Waals surface area (Å²) in [6.07, 6.45) is 4.24. The lowest BCUT2D eigenvalue weighted by molar-refractivity contribution is 1.05. The van der Waals surface area contributed by atoms with Gasteiger partial charge in [0.25, 0.3) is 0 Å². The van der Waals surface area contributed by atoms with Gasteiger partial charge in [-0.25, -0.2) is 0 Å². The molecule has 0 aliphatic heterocycles. The van der Waals surface area contributed by atoms with E-state index in [0.29, 0.717) is 10.7 Å². The highest BCUT2D eigenvalue weighted by Gasteiger charge is 2.05. The summed E-state index contributed by atoms with van der Waals surface area (Å²) in [4.78, 5) is 11.4. The molecule has 0 radical (unpaired) electrons. The molecule has 0 unspecified atom stereocenters. The van der Waals surface area contributed by atoms with Crippen LogP contribution in [-0.4, -0.2) is 15.0 Å². The first-order valence-electron chi connectivity index (χ1n) is 8.97. The number of hydrogen-bond donors (Lipinski definition) is 1. The SMILES string of the molecule is C(=Cc1ccccc1)c1ccccc1.Clc1nc(Cl)nc(Nc2ccccc2Cl)n1. The molecule has 7 heteroatoms. The summed E-state index contributed by atoms with van der Waals surface area (Å²) in [7, 11) is 0. The first kappa shape index (κ1) is 21.8. The number of anilines is 2. The Balaban J connectivity index is 0.000000172. The summed E-state index contributed by atoms with van der Waals surface area (Å²) >= 11 is 17.2. The zero-order chi connectivity index (χ0) is 21.2. The monoisotopic (exact) mass is 454 g/mol. The van der Waals surface area contributed by atoms with Crippen LogP contribution in [0.25, 0.3) is 12.2 Å². The lowest BCUT2D eigenvalue weighted by Crippen LogP contribution is -1.99. The van der Waals surface area contributed by atoms with E-state index in [1.165, 1.54) is 11.1 Å². The number of para-hydroxylation sites is 1. The maximum Gasteiger partial charge on any atom is 0.232 e. The van der Waals surface area contributed by atoms with Gasteiger partial charge < -0.3 is 5.32 Å². The van der Waals surface area contributed by atoms with Gasteiger partial charge in [0.1, 0.15) is 0 Å². The van der Waals surface area contributed by atoms with Crippen molar-refractivity contribution < 1.29 is 0 Å². The van der Waals surface area contributed by atoms with Crippen molar-refractivity contribution in [3.63, 3.8) is 0 Å². The Labute approximate surface area is 190 Å². The molecular weight excluding hydrogens is 439 g/mol. The smallest absolute Gasteiger partial charge is 0.232 e. The van der Waals surface area contributed by atoms with Crippen LogP contribution in [0.15, 0.2) is 84.9 Å². The number of hydrogen-bond acceptors (Lipinski definition) is 4. The number of rotatable bonds is 4. The lowest BCUT2D eigenvalue weighted by Gasteiger charge is -2.06. The second-order valence-corrected chi connectivity index (χ2v) is 7.04. The van der Waals surface area contributed by atoms with Gasteiger partial charge in [0, 0.05) is 0 Å². The molecule has 3 aromatic carbocycles. The van der Waals surface area contributed by atoms with Gasteiger partial charge >= 0.3 is 0 Å². The van der Waals surface area contributed by atoms with Crippen LogP contribution in [0.5, 0.6) is 0 Å². The van der Waals surface area contributed by atoms with Gasteiger partial charge in [-0.05, 0) is 46.5 Å². The van der Waals surface area contributed by atoms with E-state index >= 15 is 0 Å². The van der Waals surface area contributed by atoms with Gasteiger partial charge in [-0.2, -0.15) is 15.0 Å². The number of halogens is 3. The molecule has 0 spiro atoms. The molecule has 150 valence electrons. The number of nitrogens with zero attached hydrogens (tertiary/aromatic N) is 3. The Morgan fingerprint density at radius 1 is 0.567 bits per heavy atom. The second-order valence-electron chi connectivity index (χ2n) is 5.96. The van der Waals surface area contributed by atoms with Crippen LogP contribution in [0.1, 0.15) is 11.1 Å². The Morgan fingerprint density at radius 2 is 1.03 bits per heavy atom. The number of nitrogens with one attached hydrogen (secondary N) is 1. The van der Waals surface area contributed by atoms with E-state index in [0.717, 1.165) is 0 Å². The van der Waals surface area contributed by atoms with Crippen LogP contribution in [-0.2, 0) is 0 Å². The van der Waals surface area contributed by atoms with E-state index in [1.54, 1.807) is 12.1 Å². The van der Waals surface area contributed by atoms with Crippen LogP contribution in [0.3, 0.4) is 0 Å². The maximum absolute atomic E-state index is 5.95. The molecule has 4 aromatic rings. The Morgan fingerprint density at radius 3 is 1.53 bits per heavy atom. The molecule has 0 amide bonds. The highest BCUT2D eigenvalue weighted by atomic mass is 35.5. The van der Waals surface area contributed by atoms with E-state index in [-0.39, 0.29) is 16.5 Å². The van der Waals surface area contributed by atoms with Gasteiger partial charge in [0.15, 0.2) is 0 Å². The zero-order valence-electron chi connectivity index (χ0n) is 15.7. The molecule has 0 bridgehead atoms. The van der Waals surface area contributed by atoms with Gasteiger partial charge in [0.05, 0.1) is 10.7 Å². The van der Waals surface area contributed by atoms with E-state index in [4.69, 9.17) is 34.8 Å². The van der Waals surface area contributed by atoms with Gasteiger partial charge in [-0.1, -0.05) is 96.5 Å². The molecule has 0 atom stereocenters. The average molecular weight is 456 g/mol. The molecule has 4 nitrogen and oxygen atoms in total.